The van der Waals surface area contributed by atoms with Crippen LogP contribution in [0.1, 0.15) is 43.0 Å². The van der Waals surface area contributed by atoms with Gasteiger partial charge in [0, 0.05) is 44.9 Å². The summed E-state index contributed by atoms with van der Waals surface area (Å²) < 4.78 is 9.53. The third-order valence-electron chi connectivity index (χ3n) is 5.01. The summed E-state index contributed by atoms with van der Waals surface area (Å²) in [7, 11) is 1.84. The number of amides is 2. The first-order valence-electron chi connectivity index (χ1n) is 8.90. The Morgan fingerprint density at radius 2 is 2.36 bits per heavy atom. The van der Waals surface area contributed by atoms with Crippen molar-refractivity contribution in [3.05, 3.63) is 29.5 Å². The maximum Gasteiger partial charge on any atom is 0.323 e. The maximum absolute atomic E-state index is 12.6. The summed E-state index contributed by atoms with van der Waals surface area (Å²) in [5.41, 5.74) is 3.12. The van der Waals surface area contributed by atoms with Crippen LogP contribution in [0.3, 0.4) is 0 Å². The highest BCUT2D eigenvalue weighted by atomic mass is 16.5. The molecule has 1 saturated heterocycles. The zero-order chi connectivity index (χ0) is 17.4. The van der Waals surface area contributed by atoms with Crippen LogP contribution in [-0.4, -0.2) is 43.4 Å². The standard InChI is InChI=1S/C17H24N6O2/c1-3-22-11-18-13-10-23(7-6-14(13)22)17(24)19-16-9-12(20-21(16)2)15-5-4-8-25-15/h9,11,15H,3-8,10H2,1-2H3,(H,19,24). The molecule has 0 spiro atoms. The van der Waals surface area contributed by atoms with E-state index in [1.165, 1.54) is 5.69 Å². The predicted molar refractivity (Wildman–Crippen MR) is 92.2 cm³/mol. The van der Waals surface area contributed by atoms with Crippen molar-refractivity contribution < 1.29 is 9.53 Å². The van der Waals surface area contributed by atoms with Crippen LogP contribution in [0, 0.1) is 0 Å². The van der Waals surface area contributed by atoms with Gasteiger partial charge in [-0.05, 0) is 19.8 Å². The summed E-state index contributed by atoms with van der Waals surface area (Å²) in [6, 6.07) is 1.80. The van der Waals surface area contributed by atoms with Gasteiger partial charge >= 0.3 is 6.03 Å². The molecule has 8 nitrogen and oxygen atoms in total. The zero-order valence-electron chi connectivity index (χ0n) is 14.7. The second kappa shape index (κ2) is 6.51. The molecule has 0 aromatic carbocycles. The molecule has 4 heterocycles. The van der Waals surface area contributed by atoms with E-state index in [0.29, 0.717) is 18.9 Å². The highest BCUT2D eigenvalue weighted by Crippen LogP contribution is 2.29. The molecule has 1 N–H and O–H groups in total. The summed E-state index contributed by atoms with van der Waals surface area (Å²) in [5.74, 6) is 0.695. The number of aromatic nitrogens is 4. The summed E-state index contributed by atoms with van der Waals surface area (Å²) in [5, 5.41) is 7.46. The summed E-state index contributed by atoms with van der Waals surface area (Å²) in [6.07, 6.45) is 4.79. The van der Waals surface area contributed by atoms with Gasteiger partial charge in [-0.3, -0.25) is 10.00 Å². The summed E-state index contributed by atoms with van der Waals surface area (Å²) >= 11 is 0. The maximum atomic E-state index is 12.6. The highest BCUT2D eigenvalue weighted by molar-refractivity contribution is 5.88. The van der Waals surface area contributed by atoms with Crippen molar-refractivity contribution in [1.29, 1.82) is 0 Å². The first kappa shape index (κ1) is 16.1. The number of nitrogens with one attached hydrogen (secondary N) is 1. The number of hydrogen-bond donors (Lipinski definition) is 1. The van der Waals surface area contributed by atoms with Crippen molar-refractivity contribution in [1.82, 2.24) is 24.2 Å². The lowest BCUT2D eigenvalue weighted by Gasteiger charge is -2.27. The summed E-state index contributed by atoms with van der Waals surface area (Å²) in [6.45, 7) is 5.04. The number of ether oxygens (including phenoxy) is 1. The number of carbonyl (C=O) groups excluding carboxylic acids is 1. The molecule has 0 aliphatic carbocycles. The fourth-order valence-corrected chi connectivity index (χ4v) is 3.58. The van der Waals surface area contributed by atoms with Gasteiger partial charge in [0.15, 0.2) is 0 Å². The van der Waals surface area contributed by atoms with Crippen LogP contribution in [0.15, 0.2) is 12.4 Å². The topological polar surface area (TPSA) is 77.2 Å². The molecule has 25 heavy (non-hydrogen) atoms. The number of imidazole rings is 1. The molecule has 0 bridgehead atoms. The fourth-order valence-electron chi connectivity index (χ4n) is 3.58. The largest absolute Gasteiger partial charge is 0.372 e. The molecule has 8 heteroatoms. The van der Waals surface area contributed by atoms with Gasteiger partial charge in [0.05, 0.1) is 24.3 Å². The van der Waals surface area contributed by atoms with Crippen molar-refractivity contribution in [2.45, 2.75) is 45.4 Å². The molecule has 2 aromatic heterocycles. The minimum Gasteiger partial charge on any atom is -0.372 e. The Kier molecular flexibility index (Phi) is 4.20. The Labute approximate surface area is 146 Å². The quantitative estimate of drug-likeness (QED) is 0.925. The number of fused-ring (bicyclic) bond motifs is 1. The van der Waals surface area contributed by atoms with E-state index >= 15 is 0 Å². The number of aryl methyl sites for hydroxylation is 2. The Hall–Kier alpha value is -2.35. The SMILES string of the molecule is CCn1cnc2c1CCN(C(=O)Nc1cc(C3CCCO3)nn1C)C2. The average Bonchev–Trinajstić information content (AvgIpc) is 3.34. The molecular weight excluding hydrogens is 320 g/mol. The van der Waals surface area contributed by atoms with Gasteiger partial charge in [0.2, 0.25) is 0 Å². The lowest BCUT2D eigenvalue weighted by Crippen LogP contribution is -2.39. The predicted octanol–water partition coefficient (Wildman–Crippen LogP) is 2.08. The van der Waals surface area contributed by atoms with E-state index in [-0.39, 0.29) is 12.1 Å². The molecule has 1 unspecified atom stereocenters. The van der Waals surface area contributed by atoms with Crippen molar-refractivity contribution in [3.63, 3.8) is 0 Å². The lowest BCUT2D eigenvalue weighted by molar-refractivity contribution is 0.108. The van der Waals surface area contributed by atoms with Gasteiger partial charge in [-0.1, -0.05) is 0 Å². The molecular formula is C17H24N6O2. The van der Waals surface area contributed by atoms with Crippen LogP contribution in [0.5, 0.6) is 0 Å². The average molecular weight is 344 g/mol. The van der Waals surface area contributed by atoms with Gasteiger partial charge in [0.1, 0.15) is 11.9 Å². The lowest BCUT2D eigenvalue weighted by atomic mass is 10.1. The van der Waals surface area contributed by atoms with E-state index in [4.69, 9.17) is 4.74 Å². The van der Waals surface area contributed by atoms with Gasteiger partial charge in [-0.2, -0.15) is 5.10 Å². The van der Waals surface area contributed by atoms with Crippen molar-refractivity contribution >= 4 is 11.8 Å². The number of hydrogen-bond acceptors (Lipinski definition) is 4. The number of nitrogens with zero attached hydrogens (tertiary/aromatic N) is 5. The van der Waals surface area contributed by atoms with Crippen molar-refractivity contribution in [3.8, 4) is 0 Å². The van der Waals surface area contributed by atoms with Gasteiger partial charge < -0.3 is 14.2 Å². The Morgan fingerprint density at radius 3 is 3.12 bits per heavy atom. The van der Waals surface area contributed by atoms with Crippen LogP contribution < -0.4 is 5.32 Å². The van der Waals surface area contributed by atoms with Crippen LogP contribution in [-0.2, 0) is 31.3 Å². The number of urea groups is 1. The Morgan fingerprint density at radius 1 is 1.48 bits per heavy atom. The molecule has 2 aliphatic rings. The van der Waals surface area contributed by atoms with E-state index in [1.807, 2.05) is 19.4 Å². The first-order valence-corrected chi connectivity index (χ1v) is 8.90. The second-order valence-corrected chi connectivity index (χ2v) is 6.61. The smallest absolute Gasteiger partial charge is 0.323 e. The molecule has 0 saturated carbocycles. The zero-order valence-corrected chi connectivity index (χ0v) is 14.7. The number of rotatable bonds is 3. The van der Waals surface area contributed by atoms with Crippen LogP contribution >= 0.6 is 0 Å². The van der Waals surface area contributed by atoms with Gasteiger partial charge in [0.25, 0.3) is 0 Å². The molecule has 2 aliphatic heterocycles. The van der Waals surface area contributed by atoms with Crippen LogP contribution in [0.25, 0.3) is 0 Å². The molecule has 1 fully saturated rings. The van der Waals surface area contributed by atoms with E-state index in [9.17, 15) is 4.79 Å². The van der Waals surface area contributed by atoms with Gasteiger partial charge in [-0.15, -0.1) is 0 Å². The molecule has 2 aromatic rings. The Balaban J connectivity index is 1.44. The molecule has 4 rings (SSSR count). The van der Waals surface area contributed by atoms with E-state index in [0.717, 1.165) is 43.8 Å². The third kappa shape index (κ3) is 3.02. The van der Waals surface area contributed by atoms with E-state index < -0.39 is 0 Å². The van der Waals surface area contributed by atoms with Crippen molar-refractivity contribution in [2.24, 2.45) is 7.05 Å². The van der Waals surface area contributed by atoms with Crippen LogP contribution in [0.2, 0.25) is 0 Å². The first-order chi connectivity index (χ1) is 12.2. The van der Waals surface area contributed by atoms with E-state index in [2.05, 4.69) is 26.9 Å². The number of anilines is 1. The monoisotopic (exact) mass is 344 g/mol. The fraction of sp³-hybridized carbons (Fsp3) is 0.588. The second-order valence-electron chi connectivity index (χ2n) is 6.61. The minimum atomic E-state index is -0.112. The molecule has 0 radical (unpaired) electrons. The molecule has 1 atom stereocenters. The normalized spacial score (nSPS) is 19.9. The van der Waals surface area contributed by atoms with Crippen molar-refractivity contribution in [2.75, 3.05) is 18.5 Å². The van der Waals surface area contributed by atoms with E-state index in [1.54, 1.807) is 9.58 Å². The summed E-state index contributed by atoms with van der Waals surface area (Å²) in [4.78, 5) is 18.9. The van der Waals surface area contributed by atoms with Gasteiger partial charge in [-0.25, -0.2) is 9.78 Å². The Bertz CT molecular complexity index is 774. The van der Waals surface area contributed by atoms with Crippen LogP contribution in [0.4, 0.5) is 10.6 Å². The highest BCUT2D eigenvalue weighted by Gasteiger charge is 2.26. The molecule has 2 amide bonds. The third-order valence-corrected chi connectivity index (χ3v) is 5.01. The minimum absolute atomic E-state index is 0.0485. The molecule has 134 valence electrons. The number of carbonyl (C=O) groups is 1.